The van der Waals surface area contributed by atoms with Gasteiger partial charge in [-0.2, -0.15) is 0 Å². The van der Waals surface area contributed by atoms with Gasteiger partial charge in [0.05, 0.1) is 6.61 Å². The van der Waals surface area contributed by atoms with Gasteiger partial charge in [0, 0.05) is 17.4 Å². The van der Waals surface area contributed by atoms with E-state index in [0.29, 0.717) is 28.1 Å². The minimum atomic E-state index is -0.502. The molecule has 1 aromatic carbocycles. The van der Waals surface area contributed by atoms with Crippen LogP contribution in [0.4, 0.5) is 9.39 Å². The van der Waals surface area contributed by atoms with Crippen molar-refractivity contribution in [2.24, 2.45) is 5.92 Å². The molecule has 6 heteroatoms. The number of hydrogen-bond acceptors (Lipinski definition) is 4. The van der Waals surface area contributed by atoms with Gasteiger partial charge >= 0.3 is 5.97 Å². The molecule has 1 heterocycles. The molecule has 2 rings (SSSR count). The SMILES string of the molecule is CCOC(=O)c1c(-c2ccc(F)cc2)csc1NC(=O)CC(C)C. The summed E-state index contributed by atoms with van der Waals surface area (Å²) in [5.74, 6) is -0.786. The van der Waals surface area contributed by atoms with Crippen LogP contribution in [0, 0.1) is 11.7 Å². The molecule has 1 amide bonds. The number of thiophene rings is 1. The molecule has 0 saturated heterocycles. The molecule has 0 aliphatic carbocycles. The Morgan fingerprint density at radius 2 is 1.92 bits per heavy atom. The molecule has 0 unspecified atom stereocenters. The Balaban J connectivity index is 2.39. The quantitative estimate of drug-likeness (QED) is 0.768. The van der Waals surface area contributed by atoms with Crippen LogP contribution in [0.5, 0.6) is 0 Å². The number of esters is 1. The normalized spacial score (nSPS) is 10.7. The Labute approximate surface area is 144 Å². The predicted molar refractivity (Wildman–Crippen MR) is 93.8 cm³/mol. The second kappa shape index (κ2) is 8.06. The second-order valence-corrected chi connectivity index (χ2v) is 6.61. The molecule has 4 nitrogen and oxygen atoms in total. The summed E-state index contributed by atoms with van der Waals surface area (Å²) in [6.07, 6.45) is 0.367. The lowest BCUT2D eigenvalue weighted by Crippen LogP contribution is -2.16. The highest BCUT2D eigenvalue weighted by atomic mass is 32.1. The van der Waals surface area contributed by atoms with Gasteiger partial charge in [-0.25, -0.2) is 9.18 Å². The van der Waals surface area contributed by atoms with Crippen molar-refractivity contribution in [3.8, 4) is 11.1 Å². The van der Waals surface area contributed by atoms with E-state index in [1.165, 1.54) is 23.5 Å². The van der Waals surface area contributed by atoms with Crippen LogP contribution in [0.2, 0.25) is 0 Å². The zero-order valence-corrected chi connectivity index (χ0v) is 14.7. The van der Waals surface area contributed by atoms with Crippen LogP contribution in [0.3, 0.4) is 0 Å². The van der Waals surface area contributed by atoms with Crippen molar-refractivity contribution in [3.63, 3.8) is 0 Å². The van der Waals surface area contributed by atoms with Crippen molar-refractivity contribution >= 4 is 28.2 Å². The van der Waals surface area contributed by atoms with Crippen molar-refractivity contribution in [3.05, 3.63) is 41.0 Å². The number of hydrogen-bond donors (Lipinski definition) is 1. The van der Waals surface area contributed by atoms with Gasteiger partial charge < -0.3 is 10.1 Å². The van der Waals surface area contributed by atoms with E-state index in [4.69, 9.17) is 4.74 Å². The van der Waals surface area contributed by atoms with Crippen LogP contribution in [0.25, 0.3) is 11.1 Å². The van der Waals surface area contributed by atoms with Crippen molar-refractivity contribution < 1.29 is 18.7 Å². The van der Waals surface area contributed by atoms with E-state index in [-0.39, 0.29) is 24.2 Å². The molecule has 0 spiro atoms. The Kier molecular flexibility index (Phi) is 6.09. The van der Waals surface area contributed by atoms with E-state index >= 15 is 0 Å². The fraction of sp³-hybridized carbons (Fsp3) is 0.333. The van der Waals surface area contributed by atoms with Crippen molar-refractivity contribution in [2.75, 3.05) is 11.9 Å². The third-order valence-corrected chi connectivity index (χ3v) is 4.17. The summed E-state index contributed by atoms with van der Waals surface area (Å²) >= 11 is 1.26. The van der Waals surface area contributed by atoms with Gasteiger partial charge in [0.25, 0.3) is 0 Å². The average molecular weight is 349 g/mol. The highest BCUT2D eigenvalue weighted by Crippen LogP contribution is 2.36. The molecule has 24 heavy (non-hydrogen) atoms. The fourth-order valence-corrected chi connectivity index (χ4v) is 3.22. The molecule has 1 aromatic heterocycles. The van der Waals surface area contributed by atoms with Crippen LogP contribution < -0.4 is 5.32 Å². The van der Waals surface area contributed by atoms with Gasteiger partial charge in [-0.05, 0) is 30.5 Å². The molecule has 128 valence electrons. The smallest absolute Gasteiger partial charge is 0.341 e. The van der Waals surface area contributed by atoms with E-state index in [1.807, 2.05) is 13.8 Å². The lowest BCUT2D eigenvalue weighted by Gasteiger charge is -2.09. The number of halogens is 1. The number of carbonyl (C=O) groups excluding carboxylic acids is 2. The number of nitrogens with one attached hydrogen (secondary N) is 1. The number of carbonyl (C=O) groups is 2. The molecule has 0 bridgehead atoms. The molecule has 0 radical (unpaired) electrons. The van der Waals surface area contributed by atoms with Crippen LogP contribution in [0.1, 0.15) is 37.6 Å². The molecule has 0 fully saturated rings. The maximum atomic E-state index is 13.1. The van der Waals surface area contributed by atoms with E-state index in [9.17, 15) is 14.0 Å². The maximum Gasteiger partial charge on any atom is 0.341 e. The first-order valence-electron chi connectivity index (χ1n) is 7.76. The summed E-state index contributed by atoms with van der Waals surface area (Å²) in [4.78, 5) is 24.4. The summed E-state index contributed by atoms with van der Waals surface area (Å²) in [5.41, 5.74) is 1.63. The number of anilines is 1. The lowest BCUT2D eigenvalue weighted by atomic mass is 10.0. The van der Waals surface area contributed by atoms with Crippen molar-refractivity contribution in [2.45, 2.75) is 27.2 Å². The van der Waals surface area contributed by atoms with Crippen LogP contribution in [0.15, 0.2) is 29.6 Å². The number of ether oxygens (including phenoxy) is 1. The van der Waals surface area contributed by atoms with E-state index in [1.54, 1.807) is 24.4 Å². The fourth-order valence-electron chi connectivity index (χ4n) is 2.25. The Morgan fingerprint density at radius 3 is 2.50 bits per heavy atom. The monoisotopic (exact) mass is 349 g/mol. The Morgan fingerprint density at radius 1 is 1.25 bits per heavy atom. The number of amides is 1. The maximum absolute atomic E-state index is 13.1. The topological polar surface area (TPSA) is 55.4 Å². The second-order valence-electron chi connectivity index (χ2n) is 5.73. The first kappa shape index (κ1) is 18.1. The molecule has 0 saturated carbocycles. The molecule has 0 aliphatic heterocycles. The summed E-state index contributed by atoms with van der Waals surface area (Å²) in [5, 5.41) is 5.01. The summed E-state index contributed by atoms with van der Waals surface area (Å²) in [7, 11) is 0. The van der Waals surface area contributed by atoms with Gasteiger partial charge in [0.15, 0.2) is 0 Å². The van der Waals surface area contributed by atoms with Gasteiger partial charge in [0.1, 0.15) is 16.4 Å². The molecule has 0 atom stereocenters. The molecule has 1 N–H and O–H groups in total. The highest BCUT2D eigenvalue weighted by molar-refractivity contribution is 7.15. The zero-order valence-electron chi connectivity index (χ0n) is 13.9. The highest BCUT2D eigenvalue weighted by Gasteiger charge is 2.23. The van der Waals surface area contributed by atoms with Gasteiger partial charge in [-0.3, -0.25) is 4.79 Å². The minimum absolute atomic E-state index is 0.150. The summed E-state index contributed by atoms with van der Waals surface area (Å²) in [6, 6.07) is 5.86. The van der Waals surface area contributed by atoms with E-state index < -0.39 is 5.97 Å². The molecule has 0 aliphatic rings. The van der Waals surface area contributed by atoms with Crippen molar-refractivity contribution in [1.29, 1.82) is 0 Å². The van der Waals surface area contributed by atoms with Crippen LogP contribution in [-0.4, -0.2) is 18.5 Å². The largest absolute Gasteiger partial charge is 0.462 e. The number of benzene rings is 1. The molecular formula is C18H20FNO3S. The minimum Gasteiger partial charge on any atom is -0.462 e. The first-order valence-corrected chi connectivity index (χ1v) is 8.64. The number of rotatable bonds is 6. The summed E-state index contributed by atoms with van der Waals surface area (Å²) < 4.78 is 18.3. The molecular weight excluding hydrogens is 329 g/mol. The van der Waals surface area contributed by atoms with E-state index in [2.05, 4.69) is 5.32 Å². The Hall–Kier alpha value is -2.21. The van der Waals surface area contributed by atoms with Gasteiger partial charge in [0.2, 0.25) is 5.91 Å². The Bertz CT molecular complexity index is 722. The lowest BCUT2D eigenvalue weighted by molar-refractivity contribution is -0.116. The standard InChI is InChI=1S/C18H20FNO3S/c1-4-23-18(22)16-14(12-5-7-13(19)8-6-12)10-24-17(16)20-15(21)9-11(2)3/h5-8,10-11H,4,9H2,1-3H3,(H,20,21). The van der Waals surface area contributed by atoms with Crippen molar-refractivity contribution in [1.82, 2.24) is 0 Å². The molecule has 2 aromatic rings. The first-order chi connectivity index (χ1) is 11.4. The zero-order chi connectivity index (χ0) is 17.7. The summed E-state index contributed by atoms with van der Waals surface area (Å²) in [6.45, 7) is 5.85. The third kappa shape index (κ3) is 4.41. The predicted octanol–water partition coefficient (Wildman–Crippen LogP) is 4.72. The van der Waals surface area contributed by atoms with Gasteiger partial charge in [-0.1, -0.05) is 26.0 Å². The van der Waals surface area contributed by atoms with Gasteiger partial charge in [-0.15, -0.1) is 11.3 Å². The van der Waals surface area contributed by atoms with E-state index in [0.717, 1.165) is 0 Å². The average Bonchev–Trinajstić information content (AvgIpc) is 2.91. The van der Waals surface area contributed by atoms with Crippen LogP contribution in [-0.2, 0) is 9.53 Å². The third-order valence-electron chi connectivity index (χ3n) is 3.27. The van der Waals surface area contributed by atoms with Crippen LogP contribution >= 0.6 is 11.3 Å².